The molecule has 0 bridgehead atoms. The zero-order chi connectivity index (χ0) is 14.5. The molecule has 4 nitrogen and oxygen atoms in total. The molecule has 0 aromatic heterocycles. The zero-order valence-corrected chi connectivity index (χ0v) is 12.8. The minimum absolute atomic E-state index is 0.667. The molecule has 1 saturated carbocycles. The molecule has 1 fully saturated rings. The molecule has 0 atom stereocenters. The van der Waals surface area contributed by atoms with Gasteiger partial charge in [0.1, 0.15) is 0 Å². The van der Waals surface area contributed by atoms with E-state index in [1.807, 2.05) is 12.1 Å². The molecule has 0 amide bonds. The molecule has 0 heterocycles. The summed E-state index contributed by atoms with van der Waals surface area (Å²) in [6, 6.07) is 4.46. The van der Waals surface area contributed by atoms with Crippen LogP contribution in [-0.4, -0.2) is 32.2 Å². The maximum atomic E-state index is 5.96. The summed E-state index contributed by atoms with van der Waals surface area (Å²) in [5.41, 5.74) is 7.77. The third kappa shape index (κ3) is 3.37. The second-order valence-electron chi connectivity index (χ2n) is 5.62. The van der Waals surface area contributed by atoms with Gasteiger partial charge < -0.3 is 15.2 Å². The Kier molecular flexibility index (Phi) is 5.12. The van der Waals surface area contributed by atoms with E-state index < -0.39 is 0 Å². The largest absolute Gasteiger partial charge is 0.493 e. The number of anilines is 1. The molecule has 0 aliphatic heterocycles. The lowest BCUT2D eigenvalue weighted by atomic mass is 9.94. The predicted molar refractivity (Wildman–Crippen MR) is 82.3 cm³/mol. The molecule has 4 heteroatoms. The van der Waals surface area contributed by atoms with Gasteiger partial charge in [0.25, 0.3) is 0 Å². The van der Waals surface area contributed by atoms with Crippen molar-refractivity contribution in [1.82, 2.24) is 4.90 Å². The average molecular weight is 278 g/mol. The molecule has 0 radical (unpaired) electrons. The van der Waals surface area contributed by atoms with E-state index in [0.717, 1.165) is 23.5 Å². The Balaban J connectivity index is 2.16. The van der Waals surface area contributed by atoms with Crippen LogP contribution in [0.25, 0.3) is 0 Å². The fraction of sp³-hybridized carbons (Fsp3) is 0.625. The Labute approximate surface area is 121 Å². The van der Waals surface area contributed by atoms with Crippen molar-refractivity contribution in [3.63, 3.8) is 0 Å². The molecule has 2 N–H and O–H groups in total. The number of ether oxygens (including phenoxy) is 2. The number of benzene rings is 1. The highest BCUT2D eigenvalue weighted by Crippen LogP contribution is 2.35. The van der Waals surface area contributed by atoms with E-state index >= 15 is 0 Å². The summed E-state index contributed by atoms with van der Waals surface area (Å²) in [5, 5.41) is 0. The third-order valence-corrected chi connectivity index (χ3v) is 4.20. The van der Waals surface area contributed by atoms with Crippen molar-refractivity contribution in [2.75, 3.05) is 27.0 Å². The van der Waals surface area contributed by atoms with Crippen molar-refractivity contribution < 1.29 is 9.47 Å². The normalized spacial score (nSPS) is 16.4. The summed E-state index contributed by atoms with van der Waals surface area (Å²) >= 11 is 0. The number of methoxy groups -OCH3 is 2. The van der Waals surface area contributed by atoms with Gasteiger partial charge in [-0.1, -0.05) is 19.3 Å². The van der Waals surface area contributed by atoms with E-state index in [1.54, 1.807) is 14.2 Å². The second kappa shape index (κ2) is 6.84. The topological polar surface area (TPSA) is 47.7 Å². The number of nitrogens with two attached hydrogens (primary N) is 1. The molecule has 2 rings (SSSR count). The monoisotopic (exact) mass is 278 g/mol. The van der Waals surface area contributed by atoms with Crippen molar-refractivity contribution >= 4 is 5.69 Å². The van der Waals surface area contributed by atoms with Crippen LogP contribution in [0.2, 0.25) is 0 Å². The molecule has 0 unspecified atom stereocenters. The van der Waals surface area contributed by atoms with Gasteiger partial charge in [-0.3, -0.25) is 4.90 Å². The summed E-state index contributed by atoms with van der Waals surface area (Å²) in [6.45, 7) is 0.842. The number of hydrogen-bond acceptors (Lipinski definition) is 4. The van der Waals surface area contributed by atoms with Crippen LogP contribution in [0.15, 0.2) is 12.1 Å². The Bertz CT molecular complexity index is 442. The highest BCUT2D eigenvalue weighted by molar-refractivity contribution is 5.57. The van der Waals surface area contributed by atoms with Gasteiger partial charge in [-0.25, -0.2) is 0 Å². The van der Waals surface area contributed by atoms with Crippen LogP contribution in [0.1, 0.15) is 37.7 Å². The van der Waals surface area contributed by atoms with Crippen molar-refractivity contribution in [3.05, 3.63) is 17.7 Å². The van der Waals surface area contributed by atoms with Crippen LogP contribution < -0.4 is 15.2 Å². The standard InChI is InChI=1S/C16H26N2O2/c1-18(14-7-5-4-6-8-14)11-12-9-13(17)10-15(19-2)16(12)20-3/h9-10,14H,4-8,11,17H2,1-3H3. The van der Waals surface area contributed by atoms with Gasteiger partial charge in [0.05, 0.1) is 14.2 Å². The van der Waals surface area contributed by atoms with Gasteiger partial charge in [-0.2, -0.15) is 0 Å². The first-order valence-corrected chi connectivity index (χ1v) is 7.36. The van der Waals surface area contributed by atoms with Gasteiger partial charge >= 0.3 is 0 Å². The Morgan fingerprint density at radius 1 is 1.15 bits per heavy atom. The van der Waals surface area contributed by atoms with Crippen LogP contribution in [0.3, 0.4) is 0 Å². The van der Waals surface area contributed by atoms with E-state index in [0.29, 0.717) is 11.8 Å². The molecule has 112 valence electrons. The molecule has 0 spiro atoms. The highest BCUT2D eigenvalue weighted by atomic mass is 16.5. The third-order valence-electron chi connectivity index (χ3n) is 4.20. The fourth-order valence-corrected chi connectivity index (χ4v) is 3.10. The van der Waals surface area contributed by atoms with Gasteiger partial charge in [0.2, 0.25) is 0 Å². The fourth-order valence-electron chi connectivity index (χ4n) is 3.10. The van der Waals surface area contributed by atoms with Crippen LogP contribution in [-0.2, 0) is 6.54 Å². The summed E-state index contributed by atoms with van der Waals surface area (Å²) in [5.74, 6) is 1.50. The summed E-state index contributed by atoms with van der Waals surface area (Å²) in [7, 11) is 5.51. The van der Waals surface area contributed by atoms with Gasteiger partial charge in [0.15, 0.2) is 11.5 Å². The number of nitrogens with zero attached hydrogens (tertiary/aromatic N) is 1. The SMILES string of the molecule is COc1cc(N)cc(CN(C)C2CCCCC2)c1OC. The number of hydrogen-bond donors (Lipinski definition) is 1. The van der Waals surface area contributed by atoms with Crippen molar-refractivity contribution in [2.45, 2.75) is 44.7 Å². The minimum atomic E-state index is 0.667. The first-order valence-electron chi connectivity index (χ1n) is 7.36. The summed E-state index contributed by atoms with van der Waals surface area (Å²) < 4.78 is 10.9. The quantitative estimate of drug-likeness (QED) is 0.841. The molecule has 1 aromatic rings. The molecular formula is C16H26N2O2. The summed E-state index contributed by atoms with van der Waals surface area (Å²) in [6.07, 6.45) is 6.63. The van der Waals surface area contributed by atoms with E-state index in [9.17, 15) is 0 Å². The van der Waals surface area contributed by atoms with Crippen LogP contribution in [0.5, 0.6) is 11.5 Å². The van der Waals surface area contributed by atoms with E-state index in [1.165, 1.54) is 32.1 Å². The lowest BCUT2D eigenvalue weighted by Crippen LogP contribution is -2.33. The van der Waals surface area contributed by atoms with Gasteiger partial charge in [0, 0.05) is 29.9 Å². The van der Waals surface area contributed by atoms with Crippen molar-refractivity contribution in [2.24, 2.45) is 0 Å². The Morgan fingerprint density at radius 3 is 2.45 bits per heavy atom. The smallest absolute Gasteiger partial charge is 0.165 e. The lowest BCUT2D eigenvalue weighted by molar-refractivity contribution is 0.182. The molecular weight excluding hydrogens is 252 g/mol. The van der Waals surface area contributed by atoms with Crippen molar-refractivity contribution in [3.8, 4) is 11.5 Å². The maximum absolute atomic E-state index is 5.96. The van der Waals surface area contributed by atoms with E-state index in [4.69, 9.17) is 15.2 Å². The average Bonchev–Trinajstić information content (AvgIpc) is 2.47. The van der Waals surface area contributed by atoms with Crippen LogP contribution in [0, 0.1) is 0 Å². The minimum Gasteiger partial charge on any atom is -0.493 e. The number of rotatable bonds is 5. The molecule has 20 heavy (non-hydrogen) atoms. The first-order chi connectivity index (χ1) is 9.65. The number of nitrogen functional groups attached to an aromatic ring is 1. The van der Waals surface area contributed by atoms with Crippen LogP contribution >= 0.6 is 0 Å². The first kappa shape index (κ1) is 15.0. The van der Waals surface area contributed by atoms with E-state index in [-0.39, 0.29) is 0 Å². The second-order valence-corrected chi connectivity index (χ2v) is 5.62. The molecule has 1 aromatic carbocycles. The van der Waals surface area contributed by atoms with Crippen molar-refractivity contribution in [1.29, 1.82) is 0 Å². The summed E-state index contributed by atoms with van der Waals surface area (Å²) in [4.78, 5) is 2.41. The highest BCUT2D eigenvalue weighted by Gasteiger charge is 2.20. The Morgan fingerprint density at radius 2 is 1.85 bits per heavy atom. The Hall–Kier alpha value is -1.42. The molecule has 1 aliphatic rings. The molecule has 1 aliphatic carbocycles. The lowest BCUT2D eigenvalue weighted by Gasteiger charge is -2.31. The maximum Gasteiger partial charge on any atom is 0.165 e. The van der Waals surface area contributed by atoms with E-state index in [2.05, 4.69) is 11.9 Å². The van der Waals surface area contributed by atoms with Crippen LogP contribution in [0.4, 0.5) is 5.69 Å². The van der Waals surface area contributed by atoms with Gasteiger partial charge in [-0.05, 0) is 26.0 Å². The molecule has 0 saturated heterocycles. The zero-order valence-electron chi connectivity index (χ0n) is 12.8. The predicted octanol–water partition coefficient (Wildman–Crippen LogP) is 3.05. The van der Waals surface area contributed by atoms with Gasteiger partial charge in [-0.15, -0.1) is 0 Å².